The molecule has 1 atom stereocenters. The van der Waals surface area contributed by atoms with Crippen LogP contribution < -0.4 is 10.1 Å². The molecule has 8 heteroatoms. The normalized spacial score (nSPS) is 18.8. The molecule has 4 heterocycles. The van der Waals surface area contributed by atoms with Crippen LogP contribution in [0.25, 0.3) is 33.3 Å². The molecular weight excluding hydrogens is 418 g/mol. The van der Waals surface area contributed by atoms with Gasteiger partial charge in [0.25, 0.3) is 0 Å². The summed E-state index contributed by atoms with van der Waals surface area (Å²) in [5.41, 5.74) is 3.04. The molecule has 6 rings (SSSR count). The summed E-state index contributed by atoms with van der Waals surface area (Å²) in [6.07, 6.45) is 6.62. The number of rotatable bonds is 5. The van der Waals surface area contributed by atoms with Gasteiger partial charge in [0.05, 0.1) is 5.56 Å². The Morgan fingerprint density at radius 1 is 1.15 bits per heavy atom. The van der Waals surface area contributed by atoms with E-state index in [0.717, 1.165) is 65.6 Å². The molecule has 33 heavy (non-hydrogen) atoms. The summed E-state index contributed by atoms with van der Waals surface area (Å²) in [6, 6.07) is 7.62. The number of amides is 1. The van der Waals surface area contributed by atoms with E-state index in [0.29, 0.717) is 17.3 Å². The van der Waals surface area contributed by atoms with Crippen molar-refractivity contribution in [1.29, 1.82) is 0 Å². The van der Waals surface area contributed by atoms with Crippen molar-refractivity contribution in [2.24, 2.45) is 5.92 Å². The van der Waals surface area contributed by atoms with Crippen LogP contribution in [0.3, 0.4) is 0 Å². The Labute approximate surface area is 191 Å². The number of carbonyl (C=O) groups excluding carboxylic acids is 1. The van der Waals surface area contributed by atoms with Crippen molar-refractivity contribution in [2.75, 3.05) is 25.5 Å². The summed E-state index contributed by atoms with van der Waals surface area (Å²) >= 11 is 0. The van der Waals surface area contributed by atoms with E-state index in [1.165, 1.54) is 0 Å². The number of benzene rings is 1. The summed E-state index contributed by atoms with van der Waals surface area (Å²) in [5, 5.41) is 4.71. The highest BCUT2D eigenvalue weighted by atomic mass is 16.5. The number of aromatic nitrogens is 3. The van der Waals surface area contributed by atoms with E-state index in [9.17, 15) is 4.79 Å². The Morgan fingerprint density at radius 2 is 2.03 bits per heavy atom. The van der Waals surface area contributed by atoms with Crippen molar-refractivity contribution in [1.82, 2.24) is 19.9 Å². The van der Waals surface area contributed by atoms with Crippen LogP contribution in [-0.2, 0) is 4.79 Å². The zero-order valence-electron chi connectivity index (χ0n) is 18.7. The standard InChI is InChI=1S/C25H25N5O3/c1-14-19-11-27-23(29-24(31)15-3-4-15)10-18(19)20(12-26-14)25-28-21-9-16(5-6-22(21)33-25)32-17-7-8-30(2)13-17/h5-6,9-12,15,17H,3-4,7-8,13H2,1-2H3,(H,27,29,31)/t17-/m1/s1. The van der Waals surface area contributed by atoms with Crippen LogP contribution in [0.2, 0.25) is 0 Å². The maximum Gasteiger partial charge on any atom is 0.229 e. The first-order chi connectivity index (χ1) is 16.0. The fraction of sp³-hybridized carbons (Fsp3) is 0.360. The predicted molar refractivity (Wildman–Crippen MR) is 125 cm³/mol. The van der Waals surface area contributed by atoms with Gasteiger partial charge in [0, 0.05) is 53.9 Å². The summed E-state index contributed by atoms with van der Waals surface area (Å²) in [7, 11) is 2.11. The third kappa shape index (κ3) is 3.91. The maximum atomic E-state index is 12.2. The summed E-state index contributed by atoms with van der Waals surface area (Å²) in [4.78, 5) is 28.2. The van der Waals surface area contributed by atoms with E-state index in [1.54, 1.807) is 12.4 Å². The minimum Gasteiger partial charge on any atom is -0.489 e. The lowest BCUT2D eigenvalue weighted by molar-refractivity contribution is -0.117. The molecule has 8 nitrogen and oxygen atoms in total. The van der Waals surface area contributed by atoms with Gasteiger partial charge in [-0.15, -0.1) is 0 Å². The molecule has 1 amide bonds. The highest BCUT2D eigenvalue weighted by molar-refractivity contribution is 6.00. The second kappa shape index (κ2) is 7.81. The van der Waals surface area contributed by atoms with Crippen LogP contribution in [0.1, 0.15) is 25.0 Å². The molecule has 0 unspecified atom stereocenters. The molecule has 1 aliphatic carbocycles. The molecule has 3 aromatic heterocycles. The number of hydrogen-bond acceptors (Lipinski definition) is 7. The predicted octanol–water partition coefficient (Wildman–Crippen LogP) is 4.18. The largest absolute Gasteiger partial charge is 0.489 e. The van der Waals surface area contributed by atoms with Gasteiger partial charge < -0.3 is 19.4 Å². The molecule has 1 saturated heterocycles. The van der Waals surface area contributed by atoms with Crippen LogP contribution in [0, 0.1) is 12.8 Å². The molecule has 2 fully saturated rings. The highest BCUT2D eigenvalue weighted by Gasteiger charge is 2.30. The van der Waals surface area contributed by atoms with Gasteiger partial charge in [-0.25, -0.2) is 9.97 Å². The van der Waals surface area contributed by atoms with E-state index < -0.39 is 0 Å². The molecule has 0 spiro atoms. The second-order valence-corrected chi connectivity index (χ2v) is 9.08. The molecule has 1 aliphatic heterocycles. The third-order valence-electron chi connectivity index (χ3n) is 6.41. The van der Waals surface area contributed by atoms with Crippen molar-refractivity contribution >= 4 is 33.6 Å². The zero-order valence-corrected chi connectivity index (χ0v) is 18.7. The van der Waals surface area contributed by atoms with Gasteiger partial charge in [-0.2, -0.15) is 0 Å². The molecule has 1 aromatic carbocycles. The number of likely N-dealkylation sites (N-methyl/N-ethyl adjacent to an activating group) is 1. The molecular formula is C25H25N5O3. The maximum absolute atomic E-state index is 12.2. The van der Waals surface area contributed by atoms with Crippen molar-refractivity contribution in [2.45, 2.75) is 32.3 Å². The average Bonchev–Trinajstić information content (AvgIpc) is 3.46. The molecule has 1 saturated carbocycles. The first kappa shape index (κ1) is 20.1. The third-order valence-corrected chi connectivity index (χ3v) is 6.41. The van der Waals surface area contributed by atoms with Crippen LogP contribution >= 0.6 is 0 Å². The number of hydrogen-bond donors (Lipinski definition) is 1. The van der Waals surface area contributed by atoms with Gasteiger partial charge in [0.15, 0.2) is 5.58 Å². The fourth-order valence-electron chi connectivity index (χ4n) is 4.36. The Balaban J connectivity index is 1.35. The zero-order chi connectivity index (χ0) is 22.5. The number of nitrogens with zero attached hydrogens (tertiary/aromatic N) is 4. The molecule has 4 aromatic rings. The summed E-state index contributed by atoms with van der Waals surface area (Å²) in [6.45, 7) is 3.91. The number of carbonyl (C=O) groups is 1. The first-order valence-electron chi connectivity index (χ1n) is 11.4. The van der Waals surface area contributed by atoms with Gasteiger partial charge in [0.2, 0.25) is 11.8 Å². The van der Waals surface area contributed by atoms with E-state index in [1.807, 2.05) is 31.2 Å². The molecule has 0 bridgehead atoms. The second-order valence-electron chi connectivity index (χ2n) is 9.08. The lowest BCUT2D eigenvalue weighted by Gasteiger charge is -2.13. The number of likely N-dealkylation sites (tertiary alicyclic amines) is 1. The smallest absolute Gasteiger partial charge is 0.229 e. The number of ether oxygens (including phenoxy) is 1. The Morgan fingerprint density at radius 3 is 2.82 bits per heavy atom. The number of anilines is 1. The number of fused-ring (bicyclic) bond motifs is 2. The Bertz CT molecular complexity index is 1380. The van der Waals surface area contributed by atoms with Crippen LogP contribution in [0.15, 0.2) is 41.1 Å². The number of oxazole rings is 1. The fourth-order valence-corrected chi connectivity index (χ4v) is 4.36. The van der Waals surface area contributed by atoms with Crippen molar-refractivity contribution in [3.8, 4) is 17.2 Å². The van der Waals surface area contributed by atoms with Gasteiger partial charge in [-0.3, -0.25) is 9.78 Å². The molecule has 1 N–H and O–H groups in total. The van der Waals surface area contributed by atoms with Crippen molar-refractivity contribution in [3.63, 3.8) is 0 Å². The molecule has 2 aliphatic rings. The lowest BCUT2D eigenvalue weighted by Crippen LogP contribution is -2.21. The average molecular weight is 444 g/mol. The summed E-state index contributed by atoms with van der Waals surface area (Å²) in [5.74, 6) is 1.94. The first-order valence-corrected chi connectivity index (χ1v) is 11.4. The highest BCUT2D eigenvalue weighted by Crippen LogP contribution is 2.34. The minimum absolute atomic E-state index is 0.0250. The van der Waals surface area contributed by atoms with Crippen molar-refractivity contribution < 1.29 is 13.9 Å². The quantitative estimate of drug-likeness (QED) is 0.495. The lowest BCUT2D eigenvalue weighted by atomic mass is 10.1. The number of aryl methyl sites for hydroxylation is 1. The number of nitrogens with one attached hydrogen (secondary N) is 1. The van der Waals surface area contributed by atoms with Gasteiger partial charge >= 0.3 is 0 Å². The molecule has 0 radical (unpaired) electrons. The topological polar surface area (TPSA) is 93.4 Å². The van der Waals surface area contributed by atoms with Gasteiger partial charge in [-0.05, 0) is 51.4 Å². The minimum atomic E-state index is 0.0250. The van der Waals surface area contributed by atoms with Crippen LogP contribution in [0.4, 0.5) is 5.82 Å². The van der Waals surface area contributed by atoms with Crippen LogP contribution in [0.5, 0.6) is 5.75 Å². The number of pyridine rings is 2. The van der Waals surface area contributed by atoms with Gasteiger partial charge in [0.1, 0.15) is 23.2 Å². The van der Waals surface area contributed by atoms with E-state index >= 15 is 0 Å². The Hall–Kier alpha value is -3.52. The van der Waals surface area contributed by atoms with E-state index in [4.69, 9.17) is 14.1 Å². The van der Waals surface area contributed by atoms with E-state index in [2.05, 4.69) is 27.2 Å². The van der Waals surface area contributed by atoms with Crippen molar-refractivity contribution in [3.05, 3.63) is 42.4 Å². The Kier molecular flexibility index (Phi) is 4.76. The summed E-state index contributed by atoms with van der Waals surface area (Å²) < 4.78 is 12.2. The van der Waals surface area contributed by atoms with Gasteiger partial charge in [-0.1, -0.05) is 0 Å². The monoisotopic (exact) mass is 443 g/mol. The van der Waals surface area contributed by atoms with E-state index in [-0.39, 0.29) is 17.9 Å². The van der Waals surface area contributed by atoms with Crippen LogP contribution in [-0.4, -0.2) is 52.0 Å². The SMILES string of the molecule is Cc1ncc(-c2nc3cc(O[C@@H]4CCN(C)C4)ccc3o2)c2cc(NC(=O)C3CC3)ncc12. The molecule has 168 valence electrons.